The van der Waals surface area contributed by atoms with Crippen molar-refractivity contribution < 1.29 is 22.7 Å². The molecule has 0 bridgehead atoms. The van der Waals surface area contributed by atoms with Crippen LogP contribution < -0.4 is 0 Å². The van der Waals surface area contributed by atoms with E-state index in [1.807, 2.05) is 4.90 Å². The maximum atomic E-state index is 13.5. The van der Waals surface area contributed by atoms with E-state index in [1.54, 1.807) is 22.5 Å². The number of carbonyl (C=O) groups excluding carboxylic acids is 1. The number of methoxy groups -OCH3 is 1. The lowest BCUT2D eigenvalue weighted by Gasteiger charge is -2.53. The molecule has 184 valence electrons. The van der Waals surface area contributed by atoms with Gasteiger partial charge in [-0.2, -0.15) is 4.31 Å². The molecule has 0 N–H and O–H groups in total. The van der Waals surface area contributed by atoms with E-state index >= 15 is 0 Å². The summed E-state index contributed by atoms with van der Waals surface area (Å²) in [6.07, 6.45) is 2.38. The summed E-state index contributed by atoms with van der Waals surface area (Å²) in [5.74, 6) is -0.123. The van der Waals surface area contributed by atoms with Crippen LogP contribution in [0.3, 0.4) is 0 Å². The van der Waals surface area contributed by atoms with Crippen LogP contribution in [0.4, 0.5) is 0 Å². The Balaban J connectivity index is 1.61. The predicted octanol–water partition coefficient (Wildman–Crippen LogP) is 1.89. The first kappa shape index (κ1) is 25.2. The minimum atomic E-state index is -3.54. The third-order valence-electron chi connectivity index (χ3n) is 6.83. The Hall–Kier alpha value is -0.940. The van der Waals surface area contributed by atoms with Crippen LogP contribution in [0, 0.1) is 0 Å². The SMILES string of the molecule is COCCS(=O)(=O)N1CCN(C(=O)Cc2ccc(Cl)c(Cl)c2)C2C(N3CCCC3)COCC21. The lowest BCUT2D eigenvalue weighted by atomic mass is 9.92. The van der Waals surface area contributed by atoms with Gasteiger partial charge in [0.15, 0.2) is 0 Å². The zero-order valence-electron chi connectivity index (χ0n) is 18.8. The van der Waals surface area contributed by atoms with Gasteiger partial charge in [0.2, 0.25) is 15.9 Å². The van der Waals surface area contributed by atoms with Crippen molar-refractivity contribution in [2.75, 3.05) is 58.9 Å². The van der Waals surface area contributed by atoms with E-state index in [1.165, 1.54) is 7.11 Å². The molecule has 3 aliphatic rings. The topological polar surface area (TPSA) is 79.4 Å². The van der Waals surface area contributed by atoms with Crippen LogP contribution in [0.25, 0.3) is 0 Å². The van der Waals surface area contributed by atoms with Crippen LogP contribution in [0.1, 0.15) is 18.4 Å². The van der Waals surface area contributed by atoms with Gasteiger partial charge >= 0.3 is 0 Å². The standard InChI is InChI=1S/C22H31Cl2N3O5S/c1-31-10-11-33(29,30)27-9-8-26(21(28)13-16-4-5-17(23)18(24)12-16)22-19(14-32-15-20(22)27)25-6-2-3-7-25/h4-5,12,19-20,22H,2-3,6-11,13-15H2,1H3. The highest BCUT2D eigenvalue weighted by molar-refractivity contribution is 7.89. The second-order valence-electron chi connectivity index (χ2n) is 8.84. The number of carbonyl (C=O) groups is 1. The monoisotopic (exact) mass is 519 g/mol. The Labute approximate surface area is 205 Å². The molecule has 0 radical (unpaired) electrons. The largest absolute Gasteiger partial charge is 0.384 e. The van der Waals surface area contributed by atoms with Crippen molar-refractivity contribution in [3.63, 3.8) is 0 Å². The second-order valence-corrected chi connectivity index (χ2v) is 11.7. The molecule has 11 heteroatoms. The lowest BCUT2D eigenvalue weighted by Crippen LogP contribution is -2.72. The molecule has 3 fully saturated rings. The Morgan fingerprint density at radius 3 is 2.52 bits per heavy atom. The molecule has 3 heterocycles. The molecule has 0 saturated carbocycles. The molecule has 8 nitrogen and oxygen atoms in total. The fourth-order valence-electron chi connectivity index (χ4n) is 5.22. The van der Waals surface area contributed by atoms with Crippen LogP contribution in [-0.4, -0.2) is 105 Å². The quantitative estimate of drug-likeness (QED) is 0.547. The normalized spacial score (nSPS) is 27.0. The first-order valence-corrected chi connectivity index (χ1v) is 13.7. The average Bonchev–Trinajstić information content (AvgIpc) is 3.33. The van der Waals surface area contributed by atoms with Crippen molar-refractivity contribution in [3.8, 4) is 0 Å². The first-order valence-electron chi connectivity index (χ1n) is 11.4. The molecule has 3 aliphatic heterocycles. The molecule has 1 aromatic carbocycles. The number of nitrogens with zero attached hydrogens (tertiary/aromatic N) is 3. The van der Waals surface area contributed by atoms with Gasteiger partial charge in [-0.1, -0.05) is 29.3 Å². The van der Waals surface area contributed by atoms with Gasteiger partial charge in [0.1, 0.15) is 0 Å². The van der Waals surface area contributed by atoms with Crippen molar-refractivity contribution in [1.29, 1.82) is 0 Å². The van der Waals surface area contributed by atoms with E-state index in [0.29, 0.717) is 23.2 Å². The Bertz CT molecular complexity index is 957. The van der Waals surface area contributed by atoms with Crippen LogP contribution in [0.5, 0.6) is 0 Å². The van der Waals surface area contributed by atoms with E-state index in [-0.39, 0.29) is 49.9 Å². The number of hydrogen-bond acceptors (Lipinski definition) is 6. The summed E-state index contributed by atoms with van der Waals surface area (Å²) in [6, 6.07) is 4.49. The number of sulfonamides is 1. The van der Waals surface area contributed by atoms with Crippen LogP contribution in [0.2, 0.25) is 10.0 Å². The predicted molar refractivity (Wildman–Crippen MR) is 127 cm³/mol. The summed E-state index contributed by atoms with van der Waals surface area (Å²) >= 11 is 12.2. The van der Waals surface area contributed by atoms with Gasteiger partial charge in [-0.25, -0.2) is 8.42 Å². The Kier molecular flexibility index (Phi) is 8.21. The molecule has 3 saturated heterocycles. The van der Waals surface area contributed by atoms with Gasteiger partial charge in [-0.3, -0.25) is 9.69 Å². The fourth-order valence-corrected chi connectivity index (χ4v) is 7.11. The van der Waals surface area contributed by atoms with Crippen LogP contribution in [-0.2, 0) is 30.7 Å². The number of amides is 1. The van der Waals surface area contributed by atoms with Crippen molar-refractivity contribution in [2.24, 2.45) is 0 Å². The molecule has 1 aromatic rings. The summed E-state index contributed by atoms with van der Waals surface area (Å²) in [4.78, 5) is 17.7. The van der Waals surface area contributed by atoms with Gasteiger partial charge in [0.05, 0.1) is 60.2 Å². The molecule has 0 aromatic heterocycles. The van der Waals surface area contributed by atoms with E-state index in [4.69, 9.17) is 32.7 Å². The number of piperazine rings is 1. The van der Waals surface area contributed by atoms with Gasteiger partial charge in [0, 0.05) is 20.2 Å². The van der Waals surface area contributed by atoms with E-state index < -0.39 is 16.1 Å². The summed E-state index contributed by atoms with van der Waals surface area (Å²) in [7, 11) is -2.05. The first-order chi connectivity index (χ1) is 15.8. The zero-order chi connectivity index (χ0) is 23.6. The summed E-state index contributed by atoms with van der Waals surface area (Å²) in [5.41, 5.74) is 0.783. The highest BCUT2D eigenvalue weighted by Crippen LogP contribution is 2.32. The van der Waals surface area contributed by atoms with Crippen molar-refractivity contribution in [1.82, 2.24) is 14.1 Å². The number of benzene rings is 1. The number of halogens is 2. The van der Waals surface area contributed by atoms with Gasteiger partial charge in [-0.15, -0.1) is 0 Å². The van der Waals surface area contributed by atoms with Gasteiger partial charge < -0.3 is 14.4 Å². The summed E-state index contributed by atoms with van der Waals surface area (Å²) < 4.78 is 38.7. The lowest BCUT2D eigenvalue weighted by molar-refractivity contribution is -0.147. The number of ether oxygens (including phenoxy) is 2. The highest BCUT2D eigenvalue weighted by atomic mass is 35.5. The van der Waals surface area contributed by atoms with E-state index in [0.717, 1.165) is 31.5 Å². The summed E-state index contributed by atoms with van der Waals surface area (Å²) in [5, 5.41) is 0.858. The van der Waals surface area contributed by atoms with Gasteiger partial charge in [0.25, 0.3) is 0 Å². The minimum Gasteiger partial charge on any atom is -0.384 e. The minimum absolute atomic E-state index is 0.0376. The molecular weight excluding hydrogens is 489 g/mol. The third kappa shape index (κ3) is 5.50. The molecule has 1 amide bonds. The Morgan fingerprint density at radius 1 is 1.09 bits per heavy atom. The van der Waals surface area contributed by atoms with Crippen LogP contribution in [0.15, 0.2) is 18.2 Å². The average molecular weight is 520 g/mol. The number of hydrogen-bond donors (Lipinski definition) is 0. The highest BCUT2D eigenvalue weighted by Gasteiger charge is 2.50. The van der Waals surface area contributed by atoms with E-state index in [2.05, 4.69) is 4.90 Å². The maximum Gasteiger partial charge on any atom is 0.227 e. The molecule has 3 atom stereocenters. The van der Waals surface area contributed by atoms with E-state index in [9.17, 15) is 13.2 Å². The molecule has 4 rings (SSSR count). The molecule has 33 heavy (non-hydrogen) atoms. The smallest absolute Gasteiger partial charge is 0.227 e. The van der Waals surface area contributed by atoms with Crippen molar-refractivity contribution in [2.45, 2.75) is 37.4 Å². The van der Waals surface area contributed by atoms with Crippen molar-refractivity contribution >= 4 is 39.1 Å². The number of rotatable bonds is 7. The second kappa shape index (κ2) is 10.8. The maximum absolute atomic E-state index is 13.5. The molecule has 3 unspecified atom stereocenters. The third-order valence-corrected chi connectivity index (χ3v) is 9.42. The van der Waals surface area contributed by atoms with Crippen molar-refractivity contribution in [3.05, 3.63) is 33.8 Å². The number of likely N-dealkylation sites (tertiary alicyclic amines) is 1. The Morgan fingerprint density at radius 2 is 1.82 bits per heavy atom. The molecule has 0 aliphatic carbocycles. The molecule has 0 spiro atoms. The summed E-state index contributed by atoms with van der Waals surface area (Å²) in [6.45, 7) is 3.35. The van der Waals surface area contributed by atoms with Crippen LogP contribution >= 0.6 is 23.2 Å². The number of fused-ring (bicyclic) bond motifs is 1. The van der Waals surface area contributed by atoms with Gasteiger partial charge in [-0.05, 0) is 43.6 Å². The fraction of sp³-hybridized carbons (Fsp3) is 0.682. The molecular formula is C22H31Cl2N3O5S. The zero-order valence-corrected chi connectivity index (χ0v) is 21.1.